The van der Waals surface area contributed by atoms with Crippen molar-refractivity contribution >= 4 is 11.8 Å². The van der Waals surface area contributed by atoms with E-state index in [9.17, 15) is 9.59 Å². The first-order valence-corrected chi connectivity index (χ1v) is 4.41. The number of imide groups is 1. The van der Waals surface area contributed by atoms with Crippen molar-refractivity contribution in [3.8, 4) is 6.07 Å². The molecule has 1 rings (SSSR count). The molecule has 0 N–H and O–H groups in total. The quantitative estimate of drug-likeness (QED) is 0.609. The lowest BCUT2D eigenvalue weighted by Crippen LogP contribution is -2.52. The van der Waals surface area contributed by atoms with Crippen LogP contribution in [0.5, 0.6) is 0 Å². The van der Waals surface area contributed by atoms with E-state index >= 15 is 0 Å². The molecule has 0 aliphatic carbocycles. The minimum absolute atomic E-state index is 0.0969. The molecule has 0 saturated carbocycles. The number of nitrogens with zero attached hydrogens (tertiary/aromatic N) is 2. The van der Waals surface area contributed by atoms with Crippen LogP contribution in [0, 0.1) is 17.2 Å². The van der Waals surface area contributed by atoms with Crippen LogP contribution in [0.25, 0.3) is 0 Å². The van der Waals surface area contributed by atoms with Gasteiger partial charge < -0.3 is 0 Å². The molecule has 4 nitrogen and oxygen atoms in total. The fourth-order valence-corrected chi connectivity index (χ4v) is 1.30. The Labute approximate surface area is 82.8 Å². The summed E-state index contributed by atoms with van der Waals surface area (Å²) in [5.74, 6) is -0.916. The van der Waals surface area contributed by atoms with Gasteiger partial charge >= 0.3 is 0 Å². The normalized spacial score (nSPS) is 20.1. The van der Waals surface area contributed by atoms with Gasteiger partial charge in [0, 0.05) is 12.2 Å². The average molecular weight is 192 g/mol. The molecule has 1 heterocycles. The van der Waals surface area contributed by atoms with E-state index < -0.39 is 17.4 Å². The van der Waals surface area contributed by atoms with Crippen LogP contribution in [0.4, 0.5) is 0 Å². The maximum atomic E-state index is 11.4. The van der Waals surface area contributed by atoms with Crippen LogP contribution in [0.15, 0.2) is 12.2 Å². The minimum atomic E-state index is -1.06. The van der Waals surface area contributed by atoms with Gasteiger partial charge in [0.2, 0.25) is 0 Å². The van der Waals surface area contributed by atoms with Crippen LogP contribution in [0.3, 0.4) is 0 Å². The Balaban J connectivity index is 3.10. The number of carbonyl (C=O) groups excluding carboxylic acids is 2. The second kappa shape index (κ2) is 3.26. The molecule has 0 spiro atoms. The van der Waals surface area contributed by atoms with Crippen molar-refractivity contribution in [2.45, 2.75) is 26.3 Å². The van der Waals surface area contributed by atoms with E-state index in [0.717, 1.165) is 4.90 Å². The largest absolute Gasteiger partial charge is 0.269 e. The van der Waals surface area contributed by atoms with Crippen molar-refractivity contribution in [3.63, 3.8) is 0 Å². The molecule has 4 heteroatoms. The van der Waals surface area contributed by atoms with Gasteiger partial charge in [-0.25, -0.2) is 0 Å². The van der Waals surface area contributed by atoms with E-state index in [0.29, 0.717) is 0 Å². The number of nitriles is 1. The van der Waals surface area contributed by atoms with Crippen LogP contribution in [-0.4, -0.2) is 22.3 Å². The lowest BCUT2D eigenvalue weighted by molar-refractivity contribution is -0.142. The highest BCUT2D eigenvalue weighted by Crippen LogP contribution is 2.26. The Morgan fingerprint density at radius 1 is 1.36 bits per heavy atom. The summed E-state index contributed by atoms with van der Waals surface area (Å²) < 4.78 is 0. The molecule has 1 aliphatic rings. The third-order valence-electron chi connectivity index (χ3n) is 2.62. The van der Waals surface area contributed by atoms with Crippen molar-refractivity contribution in [1.29, 1.82) is 5.26 Å². The third kappa shape index (κ3) is 1.31. The summed E-state index contributed by atoms with van der Waals surface area (Å²) in [4.78, 5) is 23.7. The summed E-state index contributed by atoms with van der Waals surface area (Å²) >= 11 is 0. The summed E-state index contributed by atoms with van der Waals surface area (Å²) in [6.45, 7) is 5.21. The molecule has 0 aromatic rings. The van der Waals surface area contributed by atoms with Crippen LogP contribution < -0.4 is 0 Å². The topological polar surface area (TPSA) is 61.2 Å². The van der Waals surface area contributed by atoms with E-state index in [1.807, 2.05) is 19.9 Å². The summed E-state index contributed by atoms with van der Waals surface area (Å²) in [6, 6.07) is 2.02. The number of hydrogen-bond donors (Lipinski definition) is 0. The molecule has 1 atom stereocenters. The molecule has 0 aromatic heterocycles. The number of carbonyl (C=O) groups is 2. The monoisotopic (exact) mass is 192 g/mol. The smallest absolute Gasteiger partial charge is 0.254 e. The molecular formula is C10H12N2O2. The standard InChI is InChI=1S/C10H12N2O2/c1-7(2)10(3,6-11)12-8(13)4-5-9(12)14/h4-5,7H,1-3H3. The summed E-state index contributed by atoms with van der Waals surface area (Å²) in [5, 5.41) is 9.03. The van der Waals surface area contributed by atoms with Gasteiger partial charge in [0.25, 0.3) is 11.8 Å². The zero-order valence-corrected chi connectivity index (χ0v) is 8.44. The Kier molecular flexibility index (Phi) is 2.43. The molecule has 1 aliphatic heterocycles. The van der Waals surface area contributed by atoms with Crippen LogP contribution in [0.1, 0.15) is 20.8 Å². The van der Waals surface area contributed by atoms with E-state index in [-0.39, 0.29) is 5.92 Å². The summed E-state index contributed by atoms with van der Waals surface area (Å²) in [7, 11) is 0. The van der Waals surface area contributed by atoms with Gasteiger partial charge in [0.1, 0.15) is 5.54 Å². The fourth-order valence-electron chi connectivity index (χ4n) is 1.30. The van der Waals surface area contributed by atoms with E-state index in [2.05, 4.69) is 0 Å². The Bertz CT molecular complexity index is 334. The fraction of sp³-hybridized carbons (Fsp3) is 0.500. The third-order valence-corrected chi connectivity index (χ3v) is 2.62. The second-order valence-electron chi connectivity index (χ2n) is 3.76. The Hall–Kier alpha value is -1.63. The van der Waals surface area contributed by atoms with Gasteiger partial charge in [-0.1, -0.05) is 13.8 Å². The molecular weight excluding hydrogens is 180 g/mol. The summed E-state index contributed by atoms with van der Waals surface area (Å²) in [5.41, 5.74) is -1.06. The molecule has 1 unspecified atom stereocenters. The number of rotatable bonds is 2. The van der Waals surface area contributed by atoms with Gasteiger partial charge in [-0.2, -0.15) is 5.26 Å². The van der Waals surface area contributed by atoms with Crippen LogP contribution in [-0.2, 0) is 9.59 Å². The first-order chi connectivity index (χ1) is 6.43. The van der Waals surface area contributed by atoms with E-state index in [1.165, 1.54) is 12.2 Å². The van der Waals surface area contributed by atoms with E-state index in [4.69, 9.17) is 5.26 Å². The maximum absolute atomic E-state index is 11.4. The van der Waals surface area contributed by atoms with Crippen LogP contribution >= 0.6 is 0 Å². The zero-order valence-electron chi connectivity index (χ0n) is 8.44. The van der Waals surface area contributed by atoms with Gasteiger partial charge in [-0.05, 0) is 12.8 Å². The lowest BCUT2D eigenvalue weighted by atomic mass is 9.88. The highest BCUT2D eigenvalue weighted by Gasteiger charge is 2.43. The van der Waals surface area contributed by atoms with Crippen molar-refractivity contribution in [1.82, 2.24) is 4.90 Å². The maximum Gasteiger partial charge on any atom is 0.254 e. The molecule has 0 fully saturated rings. The predicted octanol–water partition coefficient (Wildman–Crippen LogP) is 0.850. The van der Waals surface area contributed by atoms with Crippen LogP contribution in [0.2, 0.25) is 0 Å². The average Bonchev–Trinajstić information content (AvgIpc) is 2.45. The van der Waals surface area contributed by atoms with Crippen molar-refractivity contribution in [3.05, 3.63) is 12.2 Å². The van der Waals surface area contributed by atoms with E-state index in [1.54, 1.807) is 6.92 Å². The second-order valence-corrected chi connectivity index (χ2v) is 3.76. The van der Waals surface area contributed by atoms with Gasteiger partial charge in [0.05, 0.1) is 6.07 Å². The SMILES string of the molecule is CC(C)C(C)(C#N)N1C(=O)C=CC1=O. The molecule has 2 amide bonds. The highest BCUT2D eigenvalue weighted by molar-refractivity contribution is 6.13. The van der Waals surface area contributed by atoms with Gasteiger partial charge in [0.15, 0.2) is 0 Å². The Morgan fingerprint density at radius 3 is 2.07 bits per heavy atom. The molecule has 14 heavy (non-hydrogen) atoms. The molecule has 0 radical (unpaired) electrons. The Morgan fingerprint density at radius 2 is 1.79 bits per heavy atom. The lowest BCUT2D eigenvalue weighted by Gasteiger charge is -2.34. The first-order valence-electron chi connectivity index (χ1n) is 4.41. The zero-order chi connectivity index (χ0) is 10.9. The van der Waals surface area contributed by atoms with Crippen molar-refractivity contribution < 1.29 is 9.59 Å². The minimum Gasteiger partial charge on any atom is -0.269 e. The molecule has 0 bridgehead atoms. The predicted molar refractivity (Wildman–Crippen MR) is 49.8 cm³/mol. The molecule has 0 aromatic carbocycles. The first kappa shape index (κ1) is 10.5. The van der Waals surface area contributed by atoms with Gasteiger partial charge in [-0.3, -0.25) is 14.5 Å². The van der Waals surface area contributed by atoms with Crippen molar-refractivity contribution in [2.75, 3.05) is 0 Å². The number of amides is 2. The van der Waals surface area contributed by atoms with Crippen molar-refractivity contribution in [2.24, 2.45) is 5.92 Å². The molecule has 0 saturated heterocycles. The van der Waals surface area contributed by atoms with Gasteiger partial charge in [-0.15, -0.1) is 0 Å². The highest BCUT2D eigenvalue weighted by atomic mass is 16.2. The number of hydrogen-bond acceptors (Lipinski definition) is 3. The summed E-state index contributed by atoms with van der Waals surface area (Å²) in [6.07, 6.45) is 2.39. The molecule has 74 valence electrons.